The van der Waals surface area contributed by atoms with Gasteiger partial charge in [0.15, 0.2) is 0 Å². The molecule has 0 bridgehead atoms. The Hall–Kier alpha value is -1.88. The Bertz CT molecular complexity index is 643. The van der Waals surface area contributed by atoms with E-state index >= 15 is 0 Å². The summed E-state index contributed by atoms with van der Waals surface area (Å²) < 4.78 is 14.1. The fourth-order valence-electron chi connectivity index (χ4n) is 1.66. The molecule has 3 N–H and O–H groups in total. The van der Waals surface area contributed by atoms with Crippen LogP contribution < -0.4 is 11.1 Å². The number of hydrogen-bond acceptors (Lipinski definition) is 2. The lowest BCUT2D eigenvalue weighted by molar-refractivity contribution is 0.102. The zero-order valence-corrected chi connectivity index (χ0v) is 11.8. The minimum Gasteiger partial charge on any atom is -0.396 e. The molecule has 5 heteroatoms. The summed E-state index contributed by atoms with van der Waals surface area (Å²) in [5.74, 6) is -1.04. The monoisotopic (exact) mass is 322 g/mol. The SMILES string of the molecule is Cc1ccc(Br)c(NC(=O)c2cccc(F)c2N)c1. The molecule has 0 aliphatic carbocycles. The second kappa shape index (κ2) is 5.40. The van der Waals surface area contributed by atoms with E-state index in [-0.39, 0.29) is 11.3 Å². The number of nitrogens with one attached hydrogen (secondary N) is 1. The van der Waals surface area contributed by atoms with Gasteiger partial charge < -0.3 is 11.1 Å². The average Bonchev–Trinajstić information content (AvgIpc) is 2.37. The number of benzene rings is 2. The van der Waals surface area contributed by atoms with E-state index in [1.54, 1.807) is 0 Å². The van der Waals surface area contributed by atoms with E-state index in [0.717, 1.165) is 10.0 Å². The van der Waals surface area contributed by atoms with Gasteiger partial charge in [0, 0.05) is 4.47 Å². The van der Waals surface area contributed by atoms with E-state index in [1.807, 2.05) is 25.1 Å². The molecule has 0 unspecified atom stereocenters. The molecule has 0 aromatic heterocycles. The smallest absolute Gasteiger partial charge is 0.257 e. The highest BCUT2D eigenvalue weighted by Crippen LogP contribution is 2.25. The molecule has 0 aliphatic rings. The summed E-state index contributed by atoms with van der Waals surface area (Å²) in [5.41, 5.74) is 7.15. The number of para-hydroxylation sites is 1. The van der Waals surface area contributed by atoms with Crippen LogP contribution in [0.5, 0.6) is 0 Å². The fourth-order valence-corrected chi connectivity index (χ4v) is 2.01. The van der Waals surface area contributed by atoms with Crippen molar-refractivity contribution in [3.63, 3.8) is 0 Å². The summed E-state index contributed by atoms with van der Waals surface area (Å²) in [7, 11) is 0. The van der Waals surface area contributed by atoms with Crippen molar-refractivity contribution in [2.24, 2.45) is 0 Å². The maximum absolute atomic E-state index is 13.3. The molecule has 2 aromatic rings. The average molecular weight is 323 g/mol. The number of aryl methyl sites for hydroxylation is 1. The standard InChI is InChI=1S/C14H12BrFN2O/c1-8-5-6-10(15)12(7-8)18-14(19)9-3-2-4-11(16)13(9)17/h2-7H,17H2,1H3,(H,18,19). The van der Waals surface area contributed by atoms with Gasteiger partial charge in [-0.2, -0.15) is 0 Å². The molecule has 0 saturated carbocycles. The molecule has 0 radical (unpaired) electrons. The maximum Gasteiger partial charge on any atom is 0.257 e. The molecule has 0 heterocycles. The van der Waals surface area contributed by atoms with Gasteiger partial charge in [-0.15, -0.1) is 0 Å². The normalized spacial score (nSPS) is 10.3. The highest BCUT2D eigenvalue weighted by atomic mass is 79.9. The van der Waals surface area contributed by atoms with Crippen LogP contribution in [0, 0.1) is 12.7 Å². The lowest BCUT2D eigenvalue weighted by Crippen LogP contribution is -2.15. The molecule has 1 amide bonds. The zero-order valence-electron chi connectivity index (χ0n) is 10.2. The molecule has 2 rings (SSSR count). The molecular weight excluding hydrogens is 311 g/mol. The van der Waals surface area contributed by atoms with Gasteiger partial charge in [-0.1, -0.05) is 12.1 Å². The van der Waals surface area contributed by atoms with Gasteiger partial charge in [0.25, 0.3) is 5.91 Å². The van der Waals surface area contributed by atoms with Gasteiger partial charge in [0.1, 0.15) is 5.82 Å². The Balaban J connectivity index is 2.31. The first-order valence-electron chi connectivity index (χ1n) is 5.60. The highest BCUT2D eigenvalue weighted by Gasteiger charge is 2.13. The number of carbonyl (C=O) groups is 1. The van der Waals surface area contributed by atoms with Crippen LogP contribution in [0.15, 0.2) is 40.9 Å². The van der Waals surface area contributed by atoms with Crippen LogP contribution in [-0.2, 0) is 0 Å². The third-order valence-corrected chi connectivity index (χ3v) is 3.36. The van der Waals surface area contributed by atoms with E-state index in [4.69, 9.17) is 5.73 Å². The van der Waals surface area contributed by atoms with Gasteiger partial charge in [0.05, 0.1) is 16.9 Å². The van der Waals surface area contributed by atoms with Crippen molar-refractivity contribution >= 4 is 33.2 Å². The van der Waals surface area contributed by atoms with Crippen LogP contribution >= 0.6 is 15.9 Å². The van der Waals surface area contributed by atoms with Crippen LogP contribution in [0.4, 0.5) is 15.8 Å². The number of nitrogen functional groups attached to an aromatic ring is 1. The fraction of sp³-hybridized carbons (Fsp3) is 0.0714. The number of carbonyl (C=O) groups excluding carboxylic acids is 1. The third-order valence-electron chi connectivity index (χ3n) is 2.67. The van der Waals surface area contributed by atoms with Crippen LogP contribution in [0.2, 0.25) is 0 Å². The van der Waals surface area contributed by atoms with Crippen molar-refractivity contribution < 1.29 is 9.18 Å². The first-order chi connectivity index (χ1) is 8.99. The van der Waals surface area contributed by atoms with E-state index in [0.29, 0.717) is 5.69 Å². The Labute approximate surface area is 118 Å². The molecule has 19 heavy (non-hydrogen) atoms. The largest absolute Gasteiger partial charge is 0.396 e. The van der Waals surface area contributed by atoms with E-state index in [2.05, 4.69) is 21.2 Å². The number of rotatable bonds is 2. The van der Waals surface area contributed by atoms with Gasteiger partial charge in [-0.3, -0.25) is 4.79 Å². The zero-order chi connectivity index (χ0) is 14.0. The predicted molar refractivity (Wildman–Crippen MR) is 77.6 cm³/mol. The number of halogens is 2. The van der Waals surface area contributed by atoms with Crippen LogP contribution in [0.1, 0.15) is 15.9 Å². The molecule has 0 spiro atoms. The molecule has 0 saturated heterocycles. The van der Waals surface area contributed by atoms with Gasteiger partial charge in [-0.05, 0) is 52.7 Å². The van der Waals surface area contributed by atoms with Crippen molar-refractivity contribution in [1.29, 1.82) is 0 Å². The topological polar surface area (TPSA) is 55.1 Å². The summed E-state index contributed by atoms with van der Waals surface area (Å²) in [6.45, 7) is 1.92. The predicted octanol–water partition coefficient (Wildman–Crippen LogP) is 3.73. The van der Waals surface area contributed by atoms with Crippen molar-refractivity contribution in [2.75, 3.05) is 11.1 Å². The quantitative estimate of drug-likeness (QED) is 0.828. The first kappa shape index (κ1) is 13.5. The minimum absolute atomic E-state index is 0.119. The maximum atomic E-state index is 13.3. The van der Waals surface area contributed by atoms with Crippen LogP contribution in [0.25, 0.3) is 0 Å². The number of nitrogens with two attached hydrogens (primary N) is 1. The Morgan fingerprint density at radius 2 is 2.05 bits per heavy atom. The molecular formula is C14H12BrFN2O. The lowest BCUT2D eigenvalue weighted by Gasteiger charge is -2.10. The van der Waals surface area contributed by atoms with E-state index in [9.17, 15) is 9.18 Å². The Morgan fingerprint density at radius 3 is 2.79 bits per heavy atom. The van der Waals surface area contributed by atoms with Gasteiger partial charge in [-0.25, -0.2) is 4.39 Å². The van der Waals surface area contributed by atoms with Gasteiger partial charge in [0.2, 0.25) is 0 Å². The molecule has 3 nitrogen and oxygen atoms in total. The highest BCUT2D eigenvalue weighted by molar-refractivity contribution is 9.10. The summed E-state index contributed by atoms with van der Waals surface area (Å²) in [5, 5.41) is 2.70. The molecule has 2 aromatic carbocycles. The van der Waals surface area contributed by atoms with Crippen molar-refractivity contribution in [3.8, 4) is 0 Å². The summed E-state index contributed by atoms with van der Waals surface area (Å²) in [6, 6.07) is 9.71. The van der Waals surface area contributed by atoms with E-state index < -0.39 is 11.7 Å². The number of amides is 1. The molecule has 0 aliphatic heterocycles. The molecule has 0 fully saturated rings. The van der Waals surface area contributed by atoms with Crippen molar-refractivity contribution in [3.05, 3.63) is 57.8 Å². The lowest BCUT2D eigenvalue weighted by atomic mass is 10.1. The van der Waals surface area contributed by atoms with Crippen LogP contribution in [-0.4, -0.2) is 5.91 Å². The number of anilines is 2. The van der Waals surface area contributed by atoms with Crippen molar-refractivity contribution in [2.45, 2.75) is 6.92 Å². The second-order valence-electron chi connectivity index (χ2n) is 4.14. The van der Waals surface area contributed by atoms with Gasteiger partial charge >= 0.3 is 0 Å². The third kappa shape index (κ3) is 2.93. The summed E-state index contributed by atoms with van der Waals surface area (Å²) in [4.78, 5) is 12.1. The van der Waals surface area contributed by atoms with E-state index in [1.165, 1.54) is 18.2 Å². The van der Waals surface area contributed by atoms with Crippen LogP contribution in [0.3, 0.4) is 0 Å². The second-order valence-corrected chi connectivity index (χ2v) is 4.99. The summed E-state index contributed by atoms with van der Waals surface area (Å²) in [6.07, 6.45) is 0. The van der Waals surface area contributed by atoms with Crippen molar-refractivity contribution in [1.82, 2.24) is 0 Å². The molecule has 98 valence electrons. The molecule has 0 atom stereocenters. The summed E-state index contributed by atoms with van der Waals surface area (Å²) >= 11 is 3.34. The number of hydrogen-bond donors (Lipinski definition) is 2. The Kier molecular flexibility index (Phi) is 3.85. The minimum atomic E-state index is -0.601. The first-order valence-corrected chi connectivity index (χ1v) is 6.40. The Morgan fingerprint density at radius 1 is 1.32 bits per heavy atom.